The molecule has 18 heavy (non-hydrogen) atoms. The number of aryl methyl sites for hydroxylation is 1. The van der Waals surface area contributed by atoms with Crippen molar-refractivity contribution in [2.45, 2.75) is 6.92 Å². The highest BCUT2D eigenvalue weighted by atomic mass is 19.2. The van der Waals surface area contributed by atoms with E-state index in [1.165, 1.54) is 14.0 Å². The van der Waals surface area contributed by atoms with E-state index < -0.39 is 17.6 Å². The van der Waals surface area contributed by atoms with E-state index in [1.807, 2.05) is 0 Å². The van der Waals surface area contributed by atoms with E-state index in [0.29, 0.717) is 5.69 Å². The van der Waals surface area contributed by atoms with E-state index in [4.69, 9.17) is 9.84 Å². The number of carbonyl (C=O) groups is 1. The molecule has 0 saturated carbocycles. The minimum absolute atomic E-state index is 0.00356. The van der Waals surface area contributed by atoms with Crippen LogP contribution >= 0.6 is 0 Å². The lowest BCUT2D eigenvalue weighted by Gasteiger charge is -2.11. The second-order valence-electron chi connectivity index (χ2n) is 3.69. The summed E-state index contributed by atoms with van der Waals surface area (Å²) in [6.07, 6.45) is 0. The number of ether oxygens (including phenoxy) is 1. The Morgan fingerprint density at radius 2 is 1.94 bits per heavy atom. The lowest BCUT2D eigenvalue weighted by atomic mass is 10.1. The summed E-state index contributed by atoms with van der Waals surface area (Å²) in [6, 6.07) is 1.67. The summed E-state index contributed by atoms with van der Waals surface area (Å²) in [5.41, 5.74) is 0.150. The van der Waals surface area contributed by atoms with Gasteiger partial charge >= 0.3 is 5.97 Å². The van der Waals surface area contributed by atoms with Crippen molar-refractivity contribution in [1.82, 2.24) is 4.98 Å². The quantitative estimate of drug-likeness (QED) is 0.893. The monoisotopic (exact) mass is 253 g/mol. The fourth-order valence-corrected chi connectivity index (χ4v) is 1.83. The van der Waals surface area contributed by atoms with Gasteiger partial charge in [0.25, 0.3) is 0 Å². The highest BCUT2D eigenvalue weighted by Gasteiger charge is 2.20. The Labute approximate surface area is 101 Å². The molecule has 0 aliphatic rings. The van der Waals surface area contributed by atoms with Crippen molar-refractivity contribution < 1.29 is 23.4 Å². The predicted molar refractivity (Wildman–Crippen MR) is 59.9 cm³/mol. The van der Waals surface area contributed by atoms with Gasteiger partial charge in [-0.1, -0.05) is 0 Å². The number of rotatable bonds is 2. The Morgan fingerprint density at radius 1 is 1.33 bits per heavy atom. The molecule has 0 fully saturated rings. The molecule has 0 radical (unpaired) electrons. The van der Waals surface area contributed by atoms with E-state index >= 15 is 0 Å². The lowest BCUT2D eigenvalue weighted by Crippen LogP contribution is -2.06. The number of pyridine rings is 1. The van der Waals surface area contributed by atoms with Crippen LogP contribution in [0.4, 0.5) is 8.78 Å². The number of halogens is 2. The number of carboxylic acids is 1. The van der Waals surface area contributed by atoms with Gasteiger partial charge in [0.15, 0.2) is 17.4 Å². The fourth-order valence-electron chi connectivity index (χ4n) is 1.83. The largest absolute Gasteiger partial charge is 0.494 e. The van der Waals surface area contributed by atoms with Gasteiger partial charge in [-0.3, -0.25) is 0 Å². The third-order valence-electron chi connectivity index (χ3n) is 2.57. The molecule has 0 amide bonds. The minimum Gasteiger partial charge on any atom is -0.494 e. The van der Waals surface area contributed by atoms with Crippen molar-refractivity contribution in [2.24, 2.45) is 0 Å². The van der Waals surface area contributed by atoms with Crippen molar-refractivity contribution in [2.75, 3.05) is 7.11 Å². The molecule has 0 saturated heterocycles. The normalized spacial score (nSPS) is 10.7. The summed E-state index contributed by atoms with van der Waals surface area (Å²) < 4.78 is 31.2. The maximum atomic E-state index is 13.2. The minimum atomic E-state index is -1.28. The van der Waals surface area contributed by atoms with Crippen LogP contribution in [-0.4, -0.2) is 23.2 Å². The molecule has 6 heteroatoms. The van der Waals surface area contributed by atoms with Crippen LogP contribution in [0.15, 0.2) is 12.1 Å². The zero-order valence-corrected chi connectivity index (χ0v) is 9.62. The van der Waals surface area contributed by atoms with Crippen LogP contribution in [0, 0.1) is 18.6 Å². The summed E-state index contributed by atoms with van der Waals surface area (Å²) in [7, 11) is 1.29. The average molecular weight is 253 g/mol. The molecule has 2 aromatic rings. The van der Waals surface area contributed by atoms with Gasteiger partial charge in [-0.15, -0.1) is 0 Å². The van der Waals surface area contributed by atoms with Gasteiger partial charge in [-0.25, -0.2) is 18.6 Å². The maximum Gasteiger partial charge on any atom is 0.340 e. The molecular formula is C12H9F2NO3. The second kappa shape index (κ2) is 4.21. The van der Waals surface area contributed by atoms with Gasteiger partial charge < -0.3 is 9.84 Å². The number of methoxy groups -OCH3 is 1. The number of hydrogen-bond acceptors (Lipinski definition) is 3. The SMILES string of the molecule is COc1c(C)nc2cc(F)c(F)cc2c1C(=O)O. The molecule has 2 rings (SSSR count). The Hall–Kier alpha value is -2.24. The summed E-state index contributed by atoms with van der Waals surface area (Å²) in [6.45, 7) is 1.53. The molecule has 0 atom stereocenters. The van der Waals surface area contributed by atoms with Gasteiger partial charge in [-0.05, 0) is 13.0 Å². The first kappa shape index (κ1) is 12.2. The zero-order valence-electron chi connectivity index (χ0n) is 9.62. The van der Waals surface area contributed by atoms with Crippen molar-refractivity contribution in [3.63, 3.8) is 0 Å². The molecule has 0 unspecified atom stereocenters. The van der Waals surface area contributed by atoms with E-state index in [1.54, 1.807) is 0 Å². The number of aromatic carboxylic acids is 1. The molecule has 0 bridgehead atoms. The summed E-state index contributed by atoms with van der Waals surface area (Å²) in [4.78, 5) is 15.2. The molecule has 1 aromatic heterocycles. The van der Waals surface area contributed by atoms with Crippen LogP contribution in [0.3, 0.4) is 0 Å². The van der Waals surface area contributed by atoms with Crippen LogP contribution in [-0.2, 0) is 0 Å². The fraction of sp³-hybridized carbons (Fsp3) is 0.167. The molecule has 1 heterocycles. The summed E-state index contributed by atoms with van der Waals surface area (Å²) in [5, 5.41) is 9.16. The Balaban J connectivity index is 2.97. The number of benzene rings is 1. The number of hydrogen-bond donors (Lipinski definition) is 1. The summed E-state index contributed by atoms with van der Waals surface area (Å²) in [5.74, 6) is -3.44. The third-order valence-corrected chi connectivity index (χ3v) is 2.57. The van der Waals surface area contributed by atoms with Gasteiger partial charge in [0.1, 0.15) is 5.56 Å². The predicted octanol–water partition coefficient (Wildman–Crippen LogP) is 2.53. The van der Waals surface area contributed by atoms with Gasteiger partial charge in [-0.2, -0.15) is 0 Å². The van der Waals surface area contributed by atoms with E-state index in [0.717, 1.165) is 12.1 Å². The zero-order chi connectivity index (χ0) is 13.4. The van der Waals surface area contributed by atoms with Gasteiger partial charge in [0.2, 0.25) is 0 Å². The van der Waals surface area contributed by atoms with Gasteiger partial charge in [0, 0.05) is 11.5 Å². The van der Waals surface area contributed by atoms with Crippen molar-refractivity contribution in [3.8, 4) is 5.75 Å². The molecular weight excluding hydrogens is 244 g/mol. The van der Waals surface area contributed by atoms with E-state index in [9.17, 15) is 13.6 Å². The first-order valence-corrected chi connectivity index (χ1v) is 5.02. The topological polar surface area (TPSA) is 59.4 Å². The van der Waals surface area contributed by atoms with Crippen LogP contribution in [0.2, 0.25) is 0 Å². The Morgan fingerprint density at radius 3 is 2.50 bits per heavy atom. The first-order chi connectivity index (χ1) is 8.45. The molecule has 4 nitrogen and oxygen atoms in total. The van der Waals surface area contributed by atoms with E-state index in [2.05, 4.69) is 4.98 Å². The van der Waals surface area contributed by atoms with Crippen molar-refractivity contribution >= 4 is 16.9 Å². The first-order valence-electron chi connectivity index (χ1n) is 5.02. The van der Waals surface area contributed by atoms with Crippen molar-refractivity contribution in [3.05, 3.63) is 35.0 Å². The standard InChI is InChI=1S/C12H9F2NO3/c1-5-11(18-2)10(12(16)17)6-3-7(13)8(14)4-9(6)15-5/h3-4H,1-2H3,(H,16,17). The van der Waals surface area contributed by atoms with Crippen LogP contribution < -0.4 is 4.74 Å². The van der Waals surface area contributed by atoms with Gasteiger partial charge in [0.05, 0.1) is 18.3 Å². The molecule has 0 aliphatic heterocycles. The molecule has 0 spiro atoms. The number of fused-ring (bicyclic) bond motifs is 1. The average Bonchev–Trinajstić information content (AvgIpc) is 2.29. The molecule has 0 aliphatic carbocycles. The lowest BCUT2D eigenvalue weighted by molar-refractivity contribution is 0.0695. The Bertz CT molecular complexity index is 656. The third kappa shape index (κ3) is 1.75. The Kier molecular flexibility index (Phi) is 2.86. The van der Waals surface area contributed by atoms with Crippen LogP contribution in [0.5, 0.6) is 5.75 Å². The molecule has 94 valence electrons. The summed E-state index contributed by atoms with van der Waals surface area (Å²) >= 11 is 0. The number of carboxylic acid groups (broad SMARTS) is 1. The van der Waals surface area contributed by atoms with E-state index in [-0.39, 0.29) is 22.2 Å². The highest BCUT2D eigenvalue weighted by molar-refractivity contribution is 6.05. The highest BCUT2D eigenvalue weighted by Crippen LogP contribution is 2.30. The second-order valence-corrected chi connectivity index (χ2v) is 3.69. The maximum absolute atomic E-state index is 13.2. The van der Waals surface area contributed by atoms with Crippen LogP contribution in [0.25, 0.3) is 10.9 Å². The van der Waals surface area contributed by atoms with Crippen molar-refractivity contribution in [1.29, 1.82) is 0 Å². The smallest absolute Gasteiger partial charge is 0.340 e. The number of nitrogens with zero attached hydrogens (tertiary/aromatic N) is 1. The number of aromatic nitrogens is 1. The molecule has 1 aromatic carbocycles. The van der Waals surface area contributed by atoms with Crippen LogP contribution in [0.1, 0.15) is 16.1 Å². The molecule has 1 N–H and O–H groups in total.